The van der Waals surface area contributed by atoms with Crippen LogP contribution in [0.2, 0.25) is 5.02 Å². The molecule has 4 rings (SSSR count). The lowest BCUT2D eigenvalue weighted by Crippen LogP contribution is -2.42. The van der Waals surface area contributed by atoms with Crippen molar-refractivity contribution in [3.63, 3.8) is 0 Å². The van der Waals surface area contributed by atoms with E-state index in [9.17, 15) is 14.4 Å². The van der Waals surface area contributed by atoms with Gasteiger partial charge >= 0.3 is 0 Å². The van der Waals surface area contributed by atoms with Crippen LogP contribution in [0, 0.1) is 6.92 Å². The molecule has 0 unspecified atom stereocenters. The van der Waals surface area contributed by atoms with Gasteiger partial charge in [-0.05, 0) is 42.8 Å². The first-order valence-electron chi connectivity index (χ1n) is 8.56. The van der Waals surface area contributed by atoms with Crippen LogP contribution in [0.1, 0.15) is 32.0 Å². The van der Waals surface area contributed by atoms with Crippen LogP contribution in [-0.4, -0.2) is 17.7 Å². The van der Waals surface area contributed by atoms with Gasteiger partial charge in [0.1, 0.15) is 0 Å². The Balaban J connectivity index is 1.62. The highest BCUT2D eigenvalue weighted by Gasteiger charge is 2.33. The summed E-state index contributed by atoms with van der Waals surface area (Å²) in [6.07, 6.45) is 1.56. The summed E-state index contributed by atoms with van der Waals surface area (Å²) in [6.45, 7) is 1.76. The number of carbonyl (C=O) groups excluding carboxylic acids is 3. The summed E-state index contributed by atoms with van der Waals surface area (Å²) in [7, 11) is 0. The summed E-state index contributed by atoms with van der Waals surface area (Å²) in [4.78, 5) is 38.7. The molecule has 3 amide bonds. The molecule has 0 radical (unpaired) electrons. The van der Waals surface area contributed by atoms with Crippen molar-refractivity contribution in [2.24, 2.45) is 0 Å². The van der Waals surface area contributed by atoms with Crippen LogP contribution >= 0.6 is 11.6 Å². The summed E-state index contributed by atoms with van der Waals surface area (Å²) in [5.74, 6) is -0.978. The van der Waals surface area contributed by atoms with Crippen LogP contribution in [-0.2, 0) is 11.2 Å². The number of rotatable bonds is 3. The molecule has 1 N–H and O–H groups in total. The molecule has 28 heavy (non-hydrogen) atoms. The van der Waals surface area contributed by atoms with E-state index in [0.717, 1.165) is 4.90 Å². The summed E-state index contributed by atoms with van der Waals surface area (Å²) >= 11 is 6.34. The summed E-state index contributed by atoms with van der Waals surface area (Å²) in [5.41, 5.74) is 2.58. The van der Waals surface area contributed by atoms with Crippen LogP contribution in [0.5, 0.6) is 0 Å². The number of fused-ring (bicyclic) bond motifs is 1. The topological polar surface area (TPSA) is 79.6 Å². The predicted octanol–water partition coefficient (Wildman–Crippen LogP) is 4.22. The molecule has 3 aromatic rings. The first kappa shape index (κ1) is 18.0. The van der Waals surface area contributed by atoms with Gasteiger partial charge in [0, 0.05) is 16.8 Å². The van der Waals surface area contributed by atoms with Crippen molar-refractivity contribution in [3.05, 3.63) is 82.3 Å². The number of hydrogen-bond donors (Lipinski definition) is 1. The van der Waals surface area contributed by atoms with E-state index in [1.165, 1.54) is 18.4 Å². The molecule has 7 heteroatoms. The normalized spacial score (nSPS) is 13.4. The van der Waals surface area contributed by atoms with Crippen molar-refractivity contribution in [2.75, 3.05) is 10.2 Å². The van der Waals surface area contributed by atoms with Crippen molar-refractivity contribution < 1.29 is 18.8 Å². The minimum Gasteiger partial charge on any atom is -0.459 e. The highest BCUT2D eigenvalue weighted by Crippen LogP contribution is 2.33. The molecule has 0 spiro atoms. The number of aryl methyl sites for hydroxylation is 1. The zero-order valence-corrected chi connectivity index (χ0v) is 15.6. The van der Waals surface area contributed by atoms with Gasteiger partial charge in [0.15, 0.2) is 5.76 Å². The fraction of sp³-hybridized carbons (Fsp3) is 0.0952. The van der Waals surface area contributed by atoms with Gasteiger partial charge in [-0.3, -0.25) is 14.4 Å². The van der Waals surface area contributed by atoms with Gasteiger partial charge in [0.25, 0.3) is 11.8 Å². The number of anilines is 2. The van der Waals surface area contributed by atoms with E-state index in [4.69, 9.17) is 16.0 Å². The van der Waals surface area contributed by atoms with Crippen LogP contribution in [0.3, 0.4) is 0 Å². The first-order chi connectivity index (χ1) is 13.5. The van der Waals surface area contributed by atoms with E-state index in [0.29, 0.717) is 22.4 Å². The van der Waals surface area contributed by atoms with Crippen molar-refractivity contribution in [1.82, 2.24) is 0 Å². The Morgan fingerprint density at radius 1 is 1.14 bits per heavy atom. The van der Waals surface area contributed by atoms with Crippen LogP contribution < -0.4 is 10.2 Å². The lowest BCUT2D eigenvalue weighted by Gasteiger charge is -2.27. The Morgan fingerprint density at radius 3 is 2.64 bits per heavy atom. The minimum absolute atomic E-state index is 0.120. The van der Waals surface area contributed by atoms with Gasteiger partial charge in [-0.1, -0.05) is 29.8 Å². The SMILES string of the molecule is Cc1ccoc1C(=O)Nc1ccc(N2C(=O)Cc3ccccc3C2=O)c(Cl)c1. The number of benzene rings is 2. The second kappa shape index (κ2) is 6.98. The lowest BCUT2D eigenvalue weighted by atomic mass is 9.98. The van der Waals surface area contributed by atoms with Crippen molar-refractivity contribution in [3.8, 4) is 0 Å². The maximum Gasteiger partial charge on any atom is 0.291 e. The van der Waals surface area contributed by atoms with Gasteiger partial charge < -0.3 is 9.73 Å². The number of nitrogens with zero attached hydrogens (tertiary/aromatic N) is 1. The lowest BCUT2D eigenvalue weighted by molar-refractivity contribution is -0.117. The van der Waals surface area contributed by atoms with Gasteiger partial charge in [-0.2, -0.15) is 0 Å². The third kappa shape index (κ3) is 3.08. The predicted molar refractivity (Wildman–Crippen MR) is 105 cm³/mol. The van der Waals surface area contributed by atoms with E-state index in [1.807, 2.05) is 0 Å². The number of amides is 3. The largest absolute Gasteiger partial charge is 0.459 e. The highest BCUT2D eigenvalue weighted by atomic mass is 35.5. The van der Waals surface area contributed by atoms with E-state index in [2.05, 4.69) is 5.32 Å². The zero-order valence-electron chi connectivity index (χ0n) is 14.9. The number of imide groups is 1. The molecular weight excluding hydrogens is 380 g/mol. The molecule has 1 aliphatic heterocycles. The summed E-state index contributed by atoms with van der Waals surface area (Å²) in [5, 5.41) is 2.86. The highest BCUT2D eigenvalue weighted by molar-refractivity contribution is 6.36. The van der Waals surface area contributed by atoms with E-state index >= 15 is 0 Å². The molecule has 2 heterocycles. The third-order valence-electron chi connectivity index (χ3n) is 4.56. The fourth-order valence-electron chi connectivity index (χ4n) is 3.16. The van der Waals surface area contributed by atoms with E-state index in [-0.39, 0.29) is 28.8 Å². The van der Waals surface area contributed by atoms with Gasteiger partial charge in [0.05, 0.1) is 23.4 Å². The van der Waals surface area contributed by atoms with Crippen molar-refractivity contribution >= 4 is 40.7 Å². The quantitative estimate of drug-likeness (QED) is 0.674. The van der Waals surface area contributed by atoms with Crippen molar-refractivity contribution in [1.29, 1.82) is 0 Å². The van der Waals surface area contributed by atoms with Crippen LogP contribution in [0.25, 0.3) is 0 Å². The Labute approximate surface area is 165 Å². The maximum atomic E-state index is 12.8. The van der Waals surface area contributed by atoms with Gasteiger partial charge in [-0.25, -0.2) is 4.90 Å². The smallest absolute Gasteiger partial charge is 0.291 e. The van der Waals surface area contributed by atoms with E-state index in [1.54, 1.807) is 43.3 Å². The minimum atomic E-state index is -0.420. The molecule has 0 saturated carbocycles. The summed E-state index contributed by atoms with van der Waals surface area (Å²) in [6, 6.07) is 13.3. The number of nitrogens with one attached hydrogen (secondary N) is 1. The Kier molecular flexibility index (Phi) is 4.49. The molecule has 0 fully saturated rings. The molecule has 0 bridgehead atoms. The fourth-order valence-corrected chi connectivity index (χ4v) is 3.43. The van der Waals surface area contributed by atoms with Gasteiger partial charge in [0.2, 0.25) is 5.91 Å². The molecule has 0 saturated heterocycles. The Morgan fingerprint density at radius 2 is 1.93 bits per heavy atom. The van der Waals surface area contributed by atoms with Crippen molar-refractivity contribution in [2.45, 2.75) is 13.3 Å². The van der Waals surface area contributed by atoms with Gasteiger partial charge in [-0.15, -0.1) is 0 Å². The molecular formula is C21H15ClN2O4. The Bertz CT molecular complexity index is 1120. The maximum absolute atomic E-state index is 12.8. The van der Waals surface area contributed by atoms with E-state index < -0.39 is 11.8 Å². The third-order valence-corrected chi connectivity index (χ3v) is 4.86. The first-order valence-corrected chi connectivity index (χ1v) is 8.93. The average molecular weight is 395 g/mol. The molecule has 6 nitrogen and oxygen atoms in total. The van der Waals surface area contributed by atoms with Crippen LogP contribution in [0.15, 0.2) is 59.2 Å². The molecule has 140 valence electrons. The zero-order chi connectivity index (χ0) is 19.8. The number of halogens is 1. The molecule has 0 atom stereocenters. The monoisotopic (exact) mass is 394 g/mol. The number of furan rings is 1. The Hall–Kier alpha value is -3.38. The number of carbonyl (C=O) groups is 3. The molecule has 1 aliphatic rings. The molecule has 2 aromatic carbocycles. The average Bonchev–Trinajstić information content (AvgIpc) is 3.09. The van der Waals surface area contributed by atoms with Crippen LogP contribution in [0.4, 0.5) is 11.4 Å². The second-order valence-corrected chi connectivity index (χ2v) is 6.83. The molecule has 0 aliphatic carbocycles. The standard InChI is InChI=1S/C21H15ClN2O4/c1-12-8-9-28-19(12)20(26)23-14-6-7-17(16(22)11-14)24-18(25)10-13-4-2-3-5-15(13)21(24)27/h2-9,11H,10H2,1H3,(H,23,26). The molecule has 1 aromatic heterocycles. The summed E-state index contributed by atoms with van der Waals surface area (Å²) < 4.78 is 5.17. The number of hydrogen-bond acceptors (Lipinski definition) is 4. The second-order valence-electron chi connectivity index (χ2n) is 6.42.